The van der Waals surface area contributed by atoms with Gasteiger partial charge in [-0.25, -0.2) is 4.98 Å². The minimum absolute atomic E-state index is 0. The number of halogens is 2. The molecule has 0 aliphatic carbocycles. The van der Waals surface area contributed by atoms with Gasteiger partial charge in [0.1, 0.15) is 11.6 Å². The number of hydrogen-bond donors (Lipinski definition) is 0. The summed E-state index contributed by atoms with van der Waals surface area (Å²) in [6, 6.07) is 15.9. The number of benzene rings is 2. The zero-order valence-corrected chi connectivity index (χ0v) is 17.3. The molecule has 150 valence electrons. The average Bonchev–Trinajstić information content (AvgIpc) is 3.04. The van der Waals surface area contributed by atoms with Gasteiger partial charge in [0.15, 0.2) is 0 Å². The molecule has 4 rings (SSSR count). The second-order valence-electron chi connectivity index (χ2n) is 6.69. The highest BCUT2D eigenvalue weighted by molar-refractivity contribution is 6.32. The molecule has 3 aromatic rings. The first-order valence-corrected chi connectivity index (χ1v) is 9.80. The molecule has 0 N–H and O–H groups in total. The number of aromatic nitrogens is 2. The zero-order valence-electron chi connectivity index (χ0n) is 15.7. The molecule has 1 aromatic heterocycles. The molecule has 1 aliphatic rings. The van der Waals surface area contributed by atoms with Gasteiger partial charge in [-0.1, -0.05) is 35.9 Å². The molecule has 0 radical (unpaired) electrons. The van der Waals surface area contributed by atoms with Crippen molar-refractivity contribution in [2.75, 3.05) is 32.9 Å². The fourth-order valence-electron chi connectivity index (χ4n) is 3.42. The Morgan fingerprint density at radius 2 is 1.79 bits per heavy atom. The van der Waals surface area contributed by atoms with Crippen molar-refractivity contribution in [2.24, 2.45) is 0 Å². The molecule has 0 spiro atoms. The maximum absolute atomic E-state index is 6.16. The van der Waals surface area contributed by atoms with Gasteiger partial charge in [-0.15, -0.1) is 12.4 Å². The summed E-state index contributed by atoms with van der Waals surface area (Å²) in [6.45, 7) is 5.84. The molecule has 0 unspecified atom stereocenters. The lowest BCUT2D eigenvalue weighted by Crippen LogP contribution is -2.36. The fourth-order valence-corrected chi connectivity index (χ4v) is 3.61. The number of hydrogen-bond acceptors (Lipinski definition) is 4. The van der Waals surface area contributed by atoms with Crippen LogP contribution in [-0.4, -0.2) is 47.4 Å². The largest absolute Gasteiger partial charge is 0.492 e. The molecule has 5 nitrogen and oxygen atoms in total. The van der Waals surface area contributed by atoms with Crippen LogP contribution in [0.25, 0.3) is 11.0 Å². The van der Waals surface area contributed by atoms with E-state index in [0.717, 1.165) is 62.9 Å². The maximum Gasteiger partial charge on any atom is 0.137 e. The van der Waals surface area contributed by atoms with E-state index in [1.165, 1.54) is 5.52 Å². The lowest BCUT2D eigenvalue weighted by Gasteiger charge is -2.26. The van der Waals surface area contributed by atoms with Crippen molar-refractivity contribution in [1.29, 1.82) is 0 Å². The third-order valence-corrected chi connectivity index (χ3v) is 5.13. The van der Waals surface area contributed by atoms with Crippen LogP contribution in [0.5, 0.6) is 5.75 Å². The van der Waals surface area contributed by atoms with Crippen molar-refractivity contribution in [3.05, 3.63) is 59.4 Å². The first-order valence-electron chi connectivity index (χ1n) is 9.43. The number of imidazole rings is 1. The van der Waals surface area contributed by atoms with Crippen LogP contribution in [0.3, 0.4) is 0 Å². The highest BCUT2D eigenvalue weighted by atomic mass is 35.5. The number of aryl methyl sites for hydroxylation is 1. The van der Waals surface area contributed by atoms with Gasteiger partial charge in [-0.3, -0.25) is 4.90 Å². The molecule has 28 heavy (non-hydrogen) atoms. The Labute approximate surface area is 176 Å². The lowest BCUT2D eigenvalue weighted by atomic mass is 10.3. The number of nitrogens with zero attached hydrogens (tertiary/aromatic N) is 3. The van der Waals surface area contributed by atoms with Crippen LogP contribution in [0.1, 0.15) is 12.2 Å². The molecule has 1 saturated heterocycles. The second-order valence-corrected chi connectivity index (χ2v) is 7.10. The van der Waals surface area contributed by atoms with Gasteiger partial charge in [0.05, 0.1) is 42.4 Å². The van der Waals surface area contributed by atoms with Gasteiger partial charge in [-0.2, -0.15) is 0 Å². The van der Waals surface area contributed by atoms with E-state index in [1.54, 1.807) is 0 Å². The Morgan fingerprint density at radius 1 is 1.04 bits per heavy atom. The van der Waals surface area contributed by atoms with E-state index in [0.29, 0.717) is 11.6 Å². The highest BCUT2D eigenvalue weighted by Crippen LogP contribution is 2.23. The molecule has 0 bridgehead atoms. The Balaban J connectivity index is 0.00000225. The van der Waals surface area contributed by atoms with Crippen LogP contribution in [0.4, 0.5) is 0 Å². The van der Waals surface area contributed by atoms with Crippen molar-refractivity contribution in [2.45, 2.75) is 19.5 Å². The van der Waals surface area contributed by atoms with Crippen LogP contribution >= 0.6 is 24.0 Å². The normalized spacial score (nSPS) is 14.8. The van der Waals surface area contributed by atoms with E-state index < -0.39 is 0 Å². The standard InChI is InChI=1S/C21H24ClN3O2.ClH/c22-17-6-1-4-9-20(17)27-13-5-10-25-19-8-3-2-7-18(19)23-21(25)16-24-11-14-26-15-12-24;/h1-4,6-9H,5,10-16H2;1H. The summed E-state index contributed by atoms with van der Waals surface area (Å²) in [5, 5.41) is 0.651. The summed E-state index contributed by atoms with van der Waals surface area (Å²) in [5.74, 6) is 1.85. The summed E-state index contributed by atoms with van der Waals surface area (Å²) in [5.41, 5.74) is 2.23. The SMILES string of the molecule is Cl.Clc1ccccc1OCCCn1c(CN2CCOCC2)nc2ccccc21. The molecule has 0 saturated carbocycles. The van der Waals surface area contributed by atoms with E-state index >= 15 is 0 Å². The van der Waals surface area contributed by atoms with Crippen molar-refractivity contribution in [3.63, 3.8) is 0 Å². The van der Waals surface area contributed by atoms with Crippen LogP contribution in [0.15, 0.2) is 48.5 Å². The third-order valence-electron chi connectivity index (χ3n) is 4.82. The Morgan fingerprint density at radius 3 is 2.61 bits per heavy atom. The van der Waals surface area contributed by atoms with E-state index in [4.69, 9.17) is 26.1 Å². The molecule has 0 amide bonds. The van der Waals surface area contributed by atoms with Crippen molar-refractivity contribution >= 4 is 35.0 Å². The predicted octanol–water partition coefficient (Wildman–Crippen LogP) is 4.41. The van der Waals surface area contributed by atoms with Gasteiger partial charge >= 0.3 is 0 Å². The quantitative estimate of drug-likeness (QED) is 0.529. The summed E-state index contributed by atoms with van der Waals surface area (Å²) in [6.07, 6.45) is 0.891. The summed E-state index contributed by atoms with van der Waals surface area (Å²) >= 11 is 6.16. The maximum atomic E-state index is 6.16. The minimum Gasteiger partial charge on any atom is -0.492 e. The van der Waals surface area contributed by atoms with E-state index in [1.807, 2.05) is 30.3 Å². The van der Waals surface area contributed by atoms with Gasteiger partial charge in [0.2, 0.25) is 0 Å². The van der Waals surface area contributed by atoms with Crippen LogP contribution < -0.4 is 4.74 Å². The molecule has 7 heteroatoms. The van der Waals surface area contributed by atoms with Gasteiger partial charge < -0.3 is 14.0 Å². The smallest absolute Gasteiger partial charge is 0.137 e. The number of ether oxygens (including phenoxy) is 2. The Hall–Kier alpha value is -1.79. The van der Waals surface area contributed by atoms with E-state index in [2.05, 4.69) is 27.7 Å². The highest BCUT2D eigenvalue weighted by Gasteiger charge is 2.16. The Bertz CT molecular complexity index is 894. The van der Waals surface area contributed by atoms with E-state index in [-0.39, 0.29) is 12.4 Å². The summed E-state index contributed by atoms with van der Waals surface area (Å²) < 4.78 is 13.6. The minimum atomic E-state index is 0. The predicted molar refractivity (Wildman–Crippen MR) is 115 cm³/mol. The first-order chi connectivity index (χ1) is 13.3. The molecule has 1 fully saturated rings. The van der Waals surface area contributed by atoms with Gasteiger partial charge in [0.25, 0.3) is 0 Å². The molecule has 0 atom stereocenters. The van der Waals surface area contributed by atoms with Crippen LogP contribution in [0.2, 0.25) is 5.02 Å². The molecular formula is C21H25Cl2N3O2. The Kier molecular flexibility index (Phi) is 7.57. The van der Waals surface area contributed by atoms with E-state index in [9.17, 15) is 0 Å². The van der Waals surface area contributed by atoms with Gasteiger partial charge in [0, 0.05) is 19.6 Å². The fraction of sp³-hybridized carbons (Fsp3) is 0.381. The monoisotopic (exact) mass is 421 g/mol. The van der Waals surface area contributed by atoms with Crippen molar-refractivity contribution in [1.82, 2.24) is 14.5 Å². The van der Waals surface area contributed by atoms with Crippen LogP contribution in [-0.2, 0) is 17.8 Å². The first kappa shape index (κ1) is 20.9. The zero-order chi connectivity index (χ0) is 18.5. The lowest BCUT2D eigenvalue weighted by molar-refractivity contribution is 0.0326. The molecule has 2 heterocycles. The third kappa shape index (κ3) is 4.97. The van der Waals surface area contributed by atoms with Crippen molar-refractivity contribution < 1.29 is 9.47 Å². The number of rotatable bonds is 7. The molecule has 1 aliphatic heterocycles. The summed E-state index contributed by atoms with van der Waals surface area (Å²) in [7, 11) is 0. The topological polar surface area (TPSA) is 39.5 Å². The van der Waals surface area contributed by atoms with Crippen LogP contribution in [0, 0.1) is 0 Å². The average molecular weight is 422 g/mol. The number of fused-ring (bicyclic) bond motifs is 1. The molecule has 2 aromatic carbocycles. The second kappa shape index (κ2) is 10.1. The van der Waals surface area contributed by atoms with Crippen molar-refractivity contribution in [3.8, 4) is 5.75 Å². The van der Waals surface area contributed by atoms with Gasteiger partial charge in [-0.05, 0) is 30.7 Å². The number of para-hydroxylation sites is 3. The summed E-state index contributed by atoms with van der Waals surface area (Å²) in [4.78, 5) is 7.28. The molecular weight excluding hydrogens is 397 g/mol. The number of morpholine rings is 1.